The quantitative estimate of drug-likeness (QED) is 0.314. The number of nitrogens with zero attached hydrogens (tertiary/aromatic N) is 3. The summed E-state index contributed by atoms with van der Waals surface area (Å²) in [6.45, 7) is 0.625. The van der Waals surface area contributed by atoms with Crippen LogP contribution in [-0.4, -0.2) is 48.3 Å². The van der Waals surface area contributed by atoms with Gasteiger partial charge in [0.05, 0.1) is 5.52 Å². The van der Waals surface area contributed by atoms with Gasteiger partial charge < -0.3 is 15.5 Å². The van der Waals surface area contributed by atoms with Crippen LogP contribution in [0.1, 0.15) is 52.0 Å². The number of hydrogen-bond acceptors (Lipinski definition) is 6. The molecular formula is C31H33N5O2. The molecule has 5 rings (SSSR count). The minimum absolute atomic E-state index is 0.0841. The maximum atomic E-state index is 12.8. The third-order valence-electron chi connectivity index (χ3n) is 7.16. The third kappa shape index (κ3) is 5.83. The smallest absolute Gasteiger partial charge is 0.251 e. The van der Waals surface area contributed by atoms with Crippen LogP contribution >= 0.6 is 0 Å². The van der Waals surface area contributed by atoms with Gasteiger partial charge in [0.2, 0.25) is 5.95 Å². The van der Waals surface area contributed by atoms with Crippen molar-refractivity contribution in [3.63, 3.8) is 0 Å². The van der Waals surface area contributed by atoms with Crippen molar-refractivity contribution >= 4 is 34.4 Å². The molecule has 7 nitrogen and oxygen atoms in total. The zero-order valence-electron chi connectivity index (χ0n) is 21.9. The number of fused-ring (bicyclic) bond motifs is 1. The molecule has 1 saturated carbocycles. The second kappa shape index (κ2) is 11.4. The molecule has 3 aromatic carbocycles. The first-order valence-corrected chi connectivity index (χ1v) is 13.2. The number of carbonyl (C=O) groups is 2. The minimum atomic E-state index is -0.145. The van der Waals surface area contributed by atoms with Gasteiger partial charge in [-0.25, -0.2) is 4.98 Å². The van der Waals surface area contributed by atoms with Crippen LogP contribution in [-0.2, 0) is 0 Å². The predicted molar refractivity (Wildman–Crippen MR) is 152 cm³/mol. The highest BCUT2D eigenvalue weighted by atomic mass is 16.1. The number of benzene rings is 3. The molecule has 1 aromatic heterocycles. The van der Waals surface area contributed by atoms with E-state index < -0.39 is 0 Å². The van der Waals surface area contributed by atoms with Gasteiger partial charge in [-0.1, -0.05) is 54.6 Å². The molecule has 194 valence electrons. The lowest BCUT2D eigenvalue weighted by Crippen LogP contribution is -2.34. The number of nitrogens with one attached hydrogen (secondary N) is 2. The molecule has 1 heterocycles. The zero-order valence-corrected chi connectivity index (χ0v) is 21.9. The van der Waals surface area contributed by atoms with Gasteiger partial charge in [0.15, 0.2) is 5.78 Å². The molecule has 0 atom stereocenters. The number of anilines is 2. The Hall–Kier alpha value is -4.26. The van der Waals surface area contributed by atoms with E-state index in [0.717, 1.165) is 42.4 Å². The minimum Gasteiger partial charge on any atom is -0.362 e. The summed E-state index contributed by atoms with van der Waals surface area (Å²) < 4.78 is 0. The average Bonchev–Trinajstić information content (AvgIpc) is 2.96. The maximum Gasteiger partial charge on any atom is 0.251 e. The van der Waals surface area contributed by atoms with Crippen molar-refractivity contribution in [1.82, 2.24) is 15.3 Å². The lowest BCUT2D eigenvalue weighted by Gasteiger charge is -2.29. The maximum absolute atomic E-state index is 12.8. The summed E-state index contributed by atoms with van der Waals surface area (Å²) in [4.78, 5) is 37.1. The lowest BCUT2D eigenvalue weighted by atomic mass is 9.86. The average molecular weight is 508 g/mol. The second-order valence-corrected chi connectivity index (χ2v) is 10.1. The van der Waals surface area contributed by atoms with Gasteiger partial charge in [-0.2, -0.15) is 4.98 Å². The third-order valence-corrected chi connectivity index (χ3v) is 7.16. The fourth-order valence-electron chi connectivity index (χ4n) is 5.06. The van der Waals surface area contributed by atoms with E-state index in [1.807, 2.05) is 61.5 Å². The number of carbonyl (C=O) groups excluding carboxylic acids is 2. The Morgan fingerprint density at radius 3 is 2.26 bits per heavy atom. The van der Waals surface area contributed by atoms with Crippen molar-refractivity contribution in [3.05, 3.63) is 95.6 Å². The van der Waals surface area contributed by atoms with Gasteiger partial charge in [-0.3, -0.25) is 9.59 Å². The Morgan fingerprint density at radius 2 is 1.50 bits per heavy atom. The van der Waals surface area contributed by atoms with E-state index in [1.54, 1.807) is 36.4 Å². The summed E-state index contributed by atoms with van der Waals surface area (Å²) in [7, 11) is 3.99. The molecule has 1 aliphatic carbocycles. The van der Waals surface area contributed by atoms with Crippen LogP contribution in [0.2, 0.25) is 0 Å². The predicted octanol–water partition coefficient (Wildman–Crippen LogP) is 5.33. The number of amides is 1. The zero-order chi connectivity index (χ0) is 26.5. The molecule has 4 aromatic rings. The van der Waals surface area contributed by atoms with Crippen molar-refractivity contribution in [3.8, 4) is 0 Å². The van der Waals surface area contributed by atoms with Gasteiger partial charge in [-0.15, -0.1) is 0 Å². The highest BCUT2D eigenvalue weighted by Gasteiger charge is 2.23. The summed E-state index contributed by atoms with van der Waals surface area (Å²) >= 11 is 0. The van der Waals surface area contributed by atoms with Gasteiger partial charge >= 0.3 is 0 Å². The Morgan fingerprint density at radius 1 is 0.816 bits per heavy atom. The number of rotatable bonds is 8. The molecule has 0 radical (unpaired) electrons. The Balaban J connectivity index is 1.14. The van der Waals surface area contributed by atoms with Crippen LogP contribution in [0.5, 0.6) is 0 Å². The molecule has 38 heavy (non-hydrogen) atoms. The van der Waals surface area contributed by atoms with E-state index in [4.69, 9.17) is 9.97 Å². The van der Waals surface area contributed by atoms with E-state index in [2.05, 4.69) is 10.6 Å². The van der Waals surface area contributed by atoms with Crippen molar-refractivity contribution in [1.29, 1.82) is 0 Å². The molecule has 0 saturated heterocycles. The van der Waals surface area contributed by atoms with Crippen LogP contribution in [0.15, 0.2) is 78.9 Å². The molecular weight excluding hydrogens is 474 g/mol. The number of aromatic nitrogens is 2. The Kier molecular flexibility index (Phi) is 7.63. The molecule has 0 spiro atoms. The first kappa shape index (κ1) is 25.4. The first-order chi connectivity index (χ1) is 18.5. The van der Waals surface area contributed by atoms with Gasteiger partial charge in [-0.05, 0) is 55.9 Å². The van der Waals surface area contributed by atoms with Gasteiger partial charge in [0.25, 0.3) is 5.91 Å². The van der Waals surface area contributed by atoms with Crippen LogP contribution in [0, 0.1) is 5.92 Å². The van der Waals surface area contributed by atoms with Crippen molar-refractivity contribution in [2.24, 2.45) is 5.92 Å². The molecule has 0 bridgehead atoms. The molecule has 2 N–H and O–H groups in total. The second-order valence-electron chi connectivity index (χ2n) is 10.1. The number of ketones is 1. The van der Waals surface area contributed by atoms with Crippen LogP contribution in [0.25, 0.3) is 10.9 Å². The molecule has 1 aliphatic rings. The van der Waals surface area contributed by atoms with Gasteiger partial charge in [0.1, 0.15) is 5.82 Å². The topological polar surface area (TPSA) is 87.2 Å². The first-order valence-electron chi connectivity index (χ1n) is 13.2. The SMILES string of the molecule is CN(C)c1nc(N[C@H]2CC[C@@H](CNC(=O)c3cccc(C(=O)c4ccccc4)c3)CC2)nc2ccccc12. The largest absolute Gasteiger partial charge is 0.362 e. The number of para-hydroxylation sites is 1. The van der Waals surface area contributed by atoms with E-state index in [-0.39, 0.29) is 11.7 Å². The van der Waals surface area contributed by atoms with Crippen molar-refractivity contribution in [2.45, 2.75) is 31.7 Å². The molecule has 1 fully saturated rings. The summed E-state index contributed by atoms with van der Waals surface area (Å²) in [5, 5.41) is 7.66. The molecule has 1 amide bonds. The van der Waals surface area contributed by atoms with E-state index in [9.17, 15) is 9.59 Å². The summed E-state index contributed by atoms with van der Waals surface area (Å²) in [6, 6.07) is 24.4. The monoisotopic (exact) mass is 507 g/mol. The molecule has 7 heteroatoms. The summed E-state index contributed by atoms with van der Waals surface area (Å²) in [6.07, 6.45) is 4.02. The van der Waals surface area contributed by atoms with E-state index in [1.165, 1.54) is 0 Å². The Bertz CT molecular complexity index is 1430. The highest BCUT2D eigenvalue weighted by molar-refractivity contribution is 6.10. The Labute approximate surface area is 223 Å². The number of hydrogen-bond donors (Lipinski definition) is 2. The summed E-state index contributed by atoms with van der Waals surface area (Å²) in [5.74, 6) is 1.76. The standard InChI is InChI=1S/C31H33N5O2/c1-36(2)29-26-13-6-7-14-27(26)34-31(35-29)33-25-17-15-21(16-18-25)20-32-30(38)24-12-8-11-23(19-24)28(37)22-9-4-3-5-10-22/h3-14,19,21,25H,15-18,20H2,1-2H3,(H,32,38)(H,33,34,35)/t21-,25+. The summed E-state index contributed by atoms with van der Waals surface area (Å²) in [5.41, 5.74) is 2.57. The van der Waals surface area contributed by atoms with Crippen molar-refractivity contribution < 1.29 is 9.59 Å². The van der Waals surface area contributed by atoms with Crippen LogP contribution < -0.4 is 15.5 Å². The lowest BCUT2D eigenvalue weighted by molar-refractivity contribution is 0.0943. The molecule has 0 aliphatic heterocycles. The normalized spacial score (nSPS) is 17.1. The van der Waals surface area contributed by atoms with Crippen molar-refractivity contribution in [2.75, 3.05) is 30.9 Å². The highest BCUT2D eigenvalue weighted by Crippen LogP contribution is 2.28. The molecule has 0 unspecified atom stereocenters. The van der Waals surface area contributed by atoms with E-state index >= 15 is 0 Å². The van der Waals surface area contributed by atoms with Crippen LogP contribution in [0.4, 0.5) is 11.8 Å². The van der Waals surface area contributed by atoms with Crippen LogP contribution in [0.3, 0.4) is 0 Å². The van der Waals surface area contributed by atoms with E-state index in [0.29, 0.717) is 41.1 Å². The fourth-order valence-corrected chi connectivity index (χ4v) is 5.06. The van der Waals surface area contributed by atoms with Gasteiger partial charge in [0, 0.05) is 48.8 Å². The fraction of sp³-hybridized carbons (Fsp3) is 0.290.